The standard InChI is InChI=1S/C24H32N4O2/c1-4-25-23(27-17-22(29)26-15-14-18-10-6-5-7-11-18)28-20-16-24(2,3)30-21-13-9-8-12-19(20)21/h5-13,20H,4,14-17H2,1-3H3,(H,26,29)(H2,25,27,28). The van der Waals surface area contributed by atoms with Gasteiger partial charge < -0.3 is 20.7 Å². The molecule has 30 heavy (non-hydrogen) atoms. The molecule has 2 aromatic carbocycles. The lowest BCUT2D eigenvalue weighted by atomic mass is 9.90. The number of aliphatic imine (C=N–C) groups is 1. The molecule has 1 aliphatic rings. The second-order valence-corrected chi connectivity index (χ2v) is 8.08. The Balaban J connectivity index is 1.58. The minimum Gasteiger partial charge on any atom is -0.487 e. The van der Waals surface area contributed by atoms with Gasteiger partial charge in [-0.1, -0.05) is 48.5 Å². The first-order chi connectivity index (χ1) is 14.5. The van der Waals surface area contributed by atoms with Gasteiger partial charge in [0.2, 0.25) is 5.91 Å². The van der Waals surface area contributed by atoms with Gasteiger partial charge in [0, 0.05) is 25.1 Å². The lowest BCUT2D eigenvalue weighted by Gasteiger charge is -2.38. The largest absolute Gasteiger partial charge is 0.487 e. The molecule has 0 saturated carbocycles. The summed E-state index contributed by atoms with van der Waals surface area (Å²) in [6.45, 7) is 7.58. The minimum absolute atomic E-state index is 0.0592. The molecule has 3 rings (SSSR count). The monoisotopic (exact) mass is 408 g/mol. The molecule has 0 bridgehead atoms. The van der Waals surface area contributed by atoms with Crippen molar-refractivity contribution in [1.82, 2.24) is 16.0 Å². The van der Waals surface area contributed by atoms with Gasteiger partial charge in [-0.3, -0.25) is 4.79 Å². The van der Waals surface area contributed by atoms with Crippen LogP contribution in [-0.4, -0.2) is 37.1 Å². The van der Waals surface area contributed by atoms with E-state index >= 15 is 0 Å². The fourth-order valence-electron chi connectivity index (χ4n) is 3.61. The molecule has 160 valence electrons. The van der Waals surface area contributed by atoms with Crippen LogP contribution in [0.3, 0.4) is 0 Å². The molecule has 1 aliphatic heterocycles. The number of carbonyl (C=O) groups excluding carboxylic acids is 1. The molecule has 0 radical (unpaired) electrons. The predicted octanol–water partition coefficient (Wildman–Crippen LogP) is 3.20. The van der Waals surface area contributed by atoms with E-state index in [1.807, 2.05) is 43.3 Å². The van der Waals surface area contributed by atoms with Crippen LogP contribution in [-0.2, 0) is 11.2 Å². The summed E-state index contributed by atoms with van der Waals surface area (Å²) in [6.07, 6.45) is 1.61. The van der Waals surface area contributed by atoms with Gasteiger partial charge in [-0.15, -0.1) is 0 Å². The molecule has 1 heterocycles. The Bertz CT molecular complexity index is 865. The fourth-order valence-corrected chi connectivity index (χ4v) is 3.61. The van der Waals surface area contributed by atoms with Crippen molar-refractivity contribution >= 4 is 11.9 Å². The van der Waals surface area contributed by atoms with Gasteiger partial charge in [-0.25, -0.2) is 4.99 Å². The molecule has 0 spiro atoms. The number of hydrogen-bond acceptors (Lipinski definition) is 3. The second kappa shape index (κ2) is 10.1. The van der Waals surface area contributed by atoms with E-state index in [9.17, 15) is 4.79 Å². The number of guanidine groups is 1. The molecule has 0 saturated heterocycles. The molecule has 6 nitrogen and oxygen atoms in total. The van der Waals surface area contributed by atoms with Crippen LogP contribution in [0.1, 0.15) is 44.4 Å². The van der Waals surface area contributed by atoms with Crippen LogP contribution in [0.2, 0.25) is 0 Å². The average Bonchev–Trinajstić information content (AvgIpc) is 2.72. The fraction of sp³-hybridized carbons (Fsp3) is 0.417. The number of amides is 1. The van der Waals surface area contributed by atoms with Crippen molar-refractivity contribution in [3.05, 3.63) is 65.7 Å². The van der Waals surface area contributed by atoms with Gasteiger partial charge in [-0.05, 0) is 38.8 Å². The van der Waals surface area contributed by atoms with E-state index in [1.165, 1.54) is 5.56 Å². The van der Waals surface area contributed by atoms with Gasteiger partial charge in [0.1, 0.15) is 17.9 Å². The van der Waals surface area contributed by atoms with Crippen LogP contribution < -0.4 is 20.7 Å². The van der Waals surface area contributed by atoms with Crippen molar-refractivity contribution in [3.63, 3.8) is 0 Å². The summed E-state index contributed by atoms with van der Waals surface area (Å²) in [5.74, 6) is 1.44. The van der Waals surface area contributed by atoms with Gasteiger partial charge in [0.15, 0.2) is 5.96 Å². The van der Waals surface area contributed by atoms with Crippen molar-refractivity contribution in [3.8, 4) is 5.75 Å². The summed E-state index contributed by atoms with van der Waals surface area (Å²) < 4.78 is 6.11. The smallest absolute Gasteiger partial charge is 0.241 e. The lowest BCUT2D eigenvalue weighted by Crippen LogP contribution is -2.45. The Hall–Kier alpha value is -3.02. The zero-order valence-corrected chi connectivity index (χ0v) is 18.1. The van der Waals surface area contributed by atoms with Crippen LogP contribution in [0.4, 0.5) is 0 Å². The summed E-state index contributed by atoms with van der Waals surface area (Å²) in [6, 6.07) is 18.2. The van der Waals surface area contributed by atoms with E-state index in [0.29, 0.717) is 12.5 Å². The molecule has 2 aromatic rings. The van der Waals surface area contributed by atoms with Gasteiger partial charge in [0.05, 0.1) is 6.04 Å². The highest BCUT2D eigenvalue weighted by molar-refractivity contribution is 5.85. The molecular formula is C24H32N4O2. The van der Waals surface area contributed by atoms with E-state index in [4.69, 9.17) is 4.74 Å². The zero-order chi connectivity index (χ0) is 21.4. The van der Waals surface area contributed by atoms with Crippen molar-refractivity contribution in [2.24, 2.45) is 4.99 Å². The number of nitrogens with zero attached hydrogens (tertiary/aromatic N) is 1. The lowest BCUT2D eigenvalue weighted by molar-refractivity contribution is -0.119. The van der Waals surface area contributed by atoms with Crippen LogP contribution in [0.25, 0.3) is 0 Å². The number of benzene rings is 2. The van der Waals surface area contributed by atoms with Crippen LogP contribution in [0, 0.1) is 0 Å². The molecular weight excluding hydrogens is 376 g/mol. The summed E-state index contributed by atoms with van der Waals surface area (Å²) in [5, 5.41) is 9.67. The average molecular weight is 409 g/mol. The number of carbonyl (C=O) groups is 1. The number of nitrogens with one attached hydrogen (secondary N) is 3. The normalized spacial score (nSPS) is 17.4. The topological polar surface area (TPSA) is 74.8 Å². The first-order valence-electron chi connectivity index (χ1n) is 10.6. The molecule has 1 amide bonds. The van der Waals surface area contributed by atoms with Crippen molar-refractivity contribution < 1.29 is 9.53 Å². The van der Waals surface area contributed by atoms with Crippen LogP contribution in [0.15, 0.2) is 59.6 Å². The minimum atomic E-state index is -0.280. The Morgan fingerprint density at radius 1 is 1.10 bits per heavy atom. The number of para-hydroxylation sites is 1. The van der Waals surface area contributed by atoms with E-state index in [0.717, 1.165) is 30.7 Å². The van der Waals surface area contributed by atoms with Gasteiger partial charge >= 0.3 is 0 Å². The highest BCUT2D eigenvalue weighted by atomic mass is 16.5. The van der Waals surface area contributed by atoms with Crippen LogP contribution >= 0.6 is 0 Å². The Morgan fingerprint density at radius 3 is 2.60 bits per heavy atom. The van der Waals surface area contributed by atoms with E-state index in [2.05, 4.69) is 53.0 Å². The van der Waals surface area contributed by atoms with Crippen molar-refractivity contribution in [2.45, 2.75) is 45.3 Å². The van der Waals surface area contributed by atoms with Crippen molar-refractivity contribution in [1.29, 1.82) is 0 Å². The highest BCUT2D eigenvalue weighted by Gasteiger charge is 2.33. The van der Waals surface area contributed by atoms with E-state index < -0.39 is 0 Å². The quantitative estimate of drug-likeness (QED) is 0.486. The summed E-state index contributed by atoms with van der Waals surface area (Å²) in [7, 11) is 0. The molecule has 6 heteroatoms. The van der Waals surface area contributed by atoms with Crippen LogP contribution in [0.5, 0.6) is 5.75 Å². The third-order valence-corrected chi connectivity index (χ3v) is 4.99. The highest BCUT2D eigenvalue weighted by Crippen LogP contribution is 2.39. The summed E-state index contributed by atoms with van der Waals surface area (Å²) >= 11 is 0. The maximum absolute atomic E-state index is 12.2. The molecule has 0 fully saturated rings. The molecule has 3 N–H and O–H groups in total. The number of fused-ring (bicyclic) bond motifs is 1. The number of rotatable bonds is 7. The number of hydrogen-bond donors (Lipinski definition) is 3. The molecule has 0 aliphatic carbocycles. The van der Waals surface area contributed by atoms with Gasteiger partial charge in [-0.2, -0.15) is 0 Å². The Kier molecular flexibility index (Phi) is 7.33. The summed E-state index contributed by atoms with van der Waals surface area (Å²) in [5.41, 5.74) is 2.03. The first kappa shape index (κ1) is 21.7. The Labute approximate surface area is 179 Å². The SMILES string of the molecule is CCNC(=NCC(=O)NCCc1ccccc1)NC1CC(C)(C)Oc2ccccc21. The third-order valence-electron chi connectivity index (χ3n) is 4.99. The third kappa shape index (κ3) is 6.24. The van der Waals surface area contributed by atoms with E-state index in [-0.39, 0.29) is 24.1 Å². The molecule has 0 aromatic heterocycles. The predicted molar refractivity (Wildman–Crippen MR) is 121 cm³/mol. The summed E-state index contributed by atoms with van der Waals surface area (Å²) in [4.78, 5) is 16.7. The zero-order valence-electron chi connectivity index (χ0n) is 18.1. The molecule has 1 unspecified atom stereocenters. The first-order valence-corrected chi connectivity index (χ1v) is 10.6. The maximum Gasteiger partial charge on any atom is 0.241 e. The van der Waals surface area contributed by atoms with Crippen molar-refractivity contribution in [2.75, 3.05) is 19.6 Å². The molecule has 1 atom stereocenters. The Morgan fingerprint density at radius 2 is 1.83 bits per heavy atom. The van der Waals surface area contributed by atoms with E-state index in [1.54, 1.807) is 0 Å². The van der Waals surface area contributed by atoms with Gasteiger partial charge in [0.25, 0.3) is 0 Å². The maximum atomic E-state index is 12.2. The number of ether oxygens (including phenoxy) is 1. The second-order valence-electron chi connectivity index (χ2n) is 8.08.